The Balaban J connectivity index is 1.85. The van der Waals surface area contributed by atoms with Crippen molar-refractivity contribution in [3.05, 3.63) is 51.5 Å². The molecule has 2 aromatic heterocycles. The van der Waals surface area contributed by atoms with E-state index in [1.54, 1.807) is 0 Å². The number of carbonyl (C=O) groups excluding carboxylic acids is 1. The van der Waals surface area contributed by atoms with E-state index < -0.39 is 0 Å². The normalized spacial score (nSPS) is 10.9. The maximum Gasteiger partial charge on any atom is 0.263 e. The molecular weight excluding hydrogens is 308 g/mol. The fourth-order valence-corrected chi connectivity index (χ4v) is 3.39. The summed E-state index contributed by atoms with van der Waals surface area (Å²) in [5, 5.41) is 12.0. The summed E-state index contributed by atoms with van der Waals surface area (Å²) in [4.78, 5) is 13.6. The zero-order chi connectivity index (χ0) is 16.6. The quantitative estimate of drug-likeness (QED) is 0.775. The molecule has 0 atom stereocenters. The molecule has 0 unspecified atom stereocenters. The summed E-state index contributed by atoms with van der Waals surface area (Å²) in [6.07, 6.45) is 0. The fraction of sp³-hybridized carbons (Fsp3) is 0.235. The molecule has 118 valence electrons. The monoisotopic (exact) mass is 326 g/mol. The number of carbonyl (C=O) groups is 1. The van der Waals surface area contributed by atoms with E-state index in [9.17, 15) is 4.79 Å². The third kappa shape index (κ3) is 2.90. The van der Waals surface area contributed by atoms with Gasteiger partial charge in [0.1, 0.15) is 9.71 Å². The van der Waals surface area contributed by atoms with Gasteiger partial charge in [0.15, 0.2) is 0 Å². The minimum Gasteiger partial charge on any atom is -0.397 e. The topological polar surface area (TPSA) is 80.9 Å². The molecule has 0 aliphatic carbocycles. The predicted octanol–water partition coefficient (Wildman–Crippen LogP) is 3.13. The van der Waals surface area contributed by atoms with E-state index in [2.05, 4.69) is 15.5 Å². The van der Waals surface area contributed by atoms with Gasteiger partial charge < -0.3 is 11.1 Å². The number of rotatable bonds is 3. The Morgan fingerprint density at radius 2 is 1.87 bits per heavy atom. The number of thiophene rings is 1. The molecule has 23 heavy (non-hydrogen) atoms. The lowest BCUT2D eigenvalue weighted by Gasteiger charge is -2.05. The second kappa shape index (κ2) is 5.96. The van der Waals surface area contributed by atoms with Crippen molar-refractivity contribution in [2.45, 2.75) is 27.3 Å². The van der Waals surface area contributed by atoms with Crippen molar-refractivity contribution in [3.63, 3.8) is 0 Å². The second-order valence-corrected chi connectivity index (χ2v) is 6.60. The van der Waals surface area contributed by atoms with Gasteiger partial charge >= 0.3 is 0 Å². The van der Waals surface area contributed by atoms with Gasteiger partial charge in [0.25, 0.3) is 5.91 Å². The molecule has 0 spiro atoms. The number of nitrogen functional groups attached to an aromatic ring is 1. The molecule has 3 N–H and O–H groups in total. The summed E-state index contributed by atoms with van der Waals surface area (Å²) < 4.78 is 0. The SMILES string of the molecule is Cc1ccc(CNC(=O)c2sc3nnc(C)c(C)c3c2N)cc1. The number of nitrogens with one attached hydrogen (secondary N) is 1. The van der Waals surface area contributed by atoms with E-state index >= 15 is 0 Å². The lowest BCUT2D eigenvalue weighted by atomic mass is 10.1. The average molecular weight is 326 g/mol. The molecule has 3 aromatic rings. The van der Waals surface area contributed by atoms with Gasteiger partial charge in [-0.3, -0.25) is 4.79 Å². The maximum absolute atomic E-state index is 12.4. The van der Waals surface area contributed by atoms with Gasteiger partial charge in [-0.1, -0.05) is 29.8 Å². The lowest BCUT2D eigenvalue weighted by Crippen LogP contribution is -2.22. The largest absolute Gasteiger partial charge is 0.397 e. The van der Waals surface area contributed by atoms with E-state index in [1.165, 1.54) is 16.9 Å². The molecule has 0 saturated carbocycles. The summed E-state index contributed by atoms with van der Waals surface area (Å²) in [5.74, 6) is -0.178. The minimum absolute atomic E-state index is 0.178. The van der Waals surface area contributed by atoms with Crippen LogP contribution in [0, 0.1) is 20.8 Å². The molecule has 0 aliphatic heterocycles. The average Bonchev–Trinajstić information content (AvgIpc) is 2.88. The molecule has 1 amide bonds. The van der Waals surface area contributed by atoms with Crippen LogP contribution in [0.15, 0.2) is 24.3 Å². The fourth-order valence-electron chi connectivity index (χ4n) is 2.38. The Labute approximate surface area is 138 Å². The predicted molar refractivity (Wildman–Crippen MR) is 93.7 cm³/mol. The highest BCUT2D eigenvalue weighted by molar-refractivity contribution is 7.21. The first-order chi connectivity index (χ1) is 11.0. The van der Waals surface area contributed by atoms with E-state index in [-0.39, 0.29) is 5.91 Å². The van der Waals surface area contributed by atoms with Crippen LogP contribution in [-0.2, 0) is 6.54 Å². The van der Waals surface area contributed by atoms with Crippen molar-refractivity contribution in [2.75, 3.05) is 5.73 Å². The van der Waals surface area contributed by atoms with Gasteiger partial charge in [0.2, 0.25) is 0 Å². The van der Waals surface area contributed by atoms with Gasteiger partial charge in [-0.05, 0) is 31.9 Å². The van der Waals surface area contributed by atoms with Crippen molar-refractivity contribution in [3.8, 4) is 0 Å². The molecule has 3 rings (SSSR count). The molecule has 1 aromatic carbocycles. The molecule has 0 aliphatic rings. The summed E-state index contributed by atoms with van der Waals surface area (Å²) in [6.45, 7) is 6.33. The molecule has 0 radical (unpaired) electrons. The van der Waals surface area contributed by atoms with Gasteiger partial charge in [-0.25, -0.2) is 0 Å². The third-order valence-electron chi connectivity index (χ3n) is 3.91. The molecule has 2 heterocycles. The van der Waals surface area contributed by atoms with Gasteiger partial charge in [-0.2, -0.15) is 5.10 Å². The number of benzene rings is 1. The highest BCUT2D eigenvalue weighted by atomic mass is 32.1. The number of nitrogens with zero attached hydrogens (tertiary/aromatic N) is 2. The summed E-state index contributed by atoms with van der Waals surface area (Å²) in [7, 11) is 0. The Morgan fingerprint density at radius 1 is 1.17 bits per heavy atom. The number of fused-ring (bicyclic) bond motifs is 1. The number of anilines is 1. The van der Waals surface area contributed by atoms with Crippen LogP contribution in [0.5, 0.6) is 0 Å². The molecular formula is C17H18N4OS. The van der Waals surface area contributed by atoms with Crippen molar-refractivity contribution >= 4 is 33.1 Å². The van der Waals surface area contributed by atoms with Crippen molar-refractivity contribution in [2.24, 2.45) is 0 Å². The number of hydrogen-bond donors (Lipinski definition) is 2. The maximum atomic E-state index is 12.4. The van der Waals surface area contributed by atoms with Crippen molar-refractivity contribution in [1.29, 1.82) is 0 Å². The second-order valence-electron chi connectivity index (χ2n) is 5.60. The molecule has 6 heteroatoms. The zero-order valence-electron chi connectivity index (χ0n) is 13.3. The van der Waals surface area contributed by atoms with Crippen LogP contribution in [0.3, 0.4) is 0 Å². The van der Waals surface area contributed by atoms with E-state index in [1.807, 2.05) is 45.0 Å². The summed E-state index contributed by atoms with van der Waals surface area (Å²) >= 11 is 1.28. The zero-order valence-corrected chi connectivity index (χ0v) is 14.1. The number of nitrogens with two attached hydrogens (primary N) is 1. The van der Waals surface area contributed by atoms with Crippen LogP contribution >= 0.6 is 11.3 Å². The number of amides is 1. The van der Waals surface area contributed by atoms with E-state index in [0.717, 1.165) is 22.2 Å². The summed E-state index contributed by atoms with van der Waals surface area (Å²) in [6, 6.07) is 8.06. The Morgan fingerprint density at radius 3 is 2.57 bits per heavy atom. The van der Waals surface area contributed by atoms with Crippen molar-refractivity contribution in [1.82, 2.24) is 15.5 Å². The summed E-state index contributed by atoms with van der Waals surface area (Å²) in [5.41, 5.74) is 10.7. The van der Waals surface area contributed by atoms with Crippen LogP contribution in [0.2, 0.25) is 0 Å². The van der Waals surface area contributed by atoms with Gasteiger partial charge in [0.05, 0.1) is 11.4 Å². The molecule has 0 fully saturated rings. The molecule has 0 bridgehead atoms. The third-order valence-corrected chi connectivity index (χ3v) is 5.00. The van der Waals surface area contributed by atoms with Crippen LogP contribution in [0.4, 0.5) is 5.69 Å². The van der Waals surface area contributed by atoms with E-state index in [4.69, 9.17) is 5.73 Å². The van der Waals surface area contributed by atoms with E-state index in [0.29, 0.717) is 21.9 Å². The van der Waals surface area contributed by atoms with Crippen LogP contribution in [0.25, 0.3) is 10.2 Å². The van der Waals surface area contributed by atoms with Crippen molar-refractivity contribution < 1.29 is 4.79 Å². The first-order valence-electron chi connectivity index (χ1n) is 7.33. The first kappa shape index (κ1) is 15.4. The first-order valence-corrected chi connectivity index (χ1v) is 8.14. The van der Waals surface area contributed by atoms with Gasteiger partial charge in [0, 0.05) is 11.9 Å². The Kier molecular flexibility index (Phi) is 4.00. The van der Waals surface area contributed by atoms with Crippen LogP contribution < -0.4 is 11.1 Å². The Bertz CT molecular complexity index is 884. The molecule has 5 nitrogen and oxygen atoms in total. The molecule has 0 saturated heterocycles. The standard InChI is InChI=1S/C17H18N4OS/c1-9-4-6-12(7-5-9)8-19-16(22)15-14(18)13-10(2)11(3)20-21-17(13)23-15/h4-7H,8,18H2,1-3H3,(H,19,22). The van der Waals surface area contributed by atoms with Crippen LogP contribution in [0.1, 0.15) is 32.1 Å². The minimum atomic E-state index is -0.178. The lowest BCUT2D eigenvalue weighted by molar-refractivity contribution is 0.0956. The number of hydrogen-bond acceptors (Lipinski definition) is 5. The highest BCUT2D eigenvalue weighted by Crippen LogP contribution is 2.34. The Hall–Kier alpha value is -2.47. The van der Waals surface area contributed by atoms with Gasteiger partial charge in [-0.15, -0.1) is 16.4 Å². The number of aryl methyl sites for hydroxylation is 3. The smallest absolute Gasteiger partial charge is 0.263 e. The number of aromatic nitrogens is 2. The highest BCUT2D eigenvalue weighted by Gasteiger charge is 2.19. The van der Waals surface area contributed by atoms with Crippen LogP contribution in [-0.4, -0.2) is 16.1 Å².